The van der Waals surface area contributed by atoms with Crippen LogP contribution in [-0.2, 0) is 27.9 Å². The number of aliphatic hydroxyl groups is 1. The van der Waals surface area contributed by atoms with Crippen LogP contribution in [0.5, 0.6) is 0 Å². The van der Waals surface area contributed by atoms with E-state index < -0.39 is 29.3 Å². The van der Waals surface area contributed by atoms with Gasteiger partial charge in [-0.15, -0.1) is 0 Å². The highest BCUT2D eigenvalue weighted by atomic mass is 16.6. The molecule has 248 valence electrons. The summed E-state index contributed by atoms with van der Waals surface area (Å²) < 4.78 is 11.2. The van der Waals surface area contributed by atoms with E-state index in [9.17, 15) is 19.5 Å². The summed E-state index contributed by atoms with van der Waals surface area (Å²) in [6, 6.07) is 12.8. The van der Waals surface area contributed by atoms with Crippen LogP contribution in [0.15, 0.2) is 42.5 Å². The van der Waals surface area contributed by atoms with Crippen molar-refractivity contribution >= 4 is 17.9 Å². The minimum Gasteiger partial charge on any atom is -0.444 e. The van der Waals surface area contributed by atoms with Gasteiger partial charge in [-0.1, -0.05) is 38.1 Å². The Hall–Kier alpha value is -3.43. The van der Waals surface area contributed by atoms with Crippen molar-refractivity contribution in [2.45, 2.75) is 103 Å². The van der Waals surface area contributed by atoms with E-state index in [-0.39, 0.29) is 18.4 Å². The topological polar surface area (TPSA) is 99.6 Å². The standard InChI is InChI=1S/C37H49N3O6/c1-35(2,3)46-34(44)40-21-26-10-8-7-9-24(26)18-30(40)31(41)22-39-23-36(4,5)29-17-25(11-12-28(29)33(39)43)32(42)38-15-13-37(14-16-38)19-27(20-37)45-6/h7-12,17,27,30-31,41H,13-16,18-23H2,1-6H3/t30?,31-/m1/s1. The molecule has 6 rings (SSSR count). The number of likely N-dealkylation sites (tertiary alicyclic amines) is 1. The third-order valence-electron chi connectivity index (χ3n) is 10.6. The van der Waals surface area contributed by atoms with Gasteiger partial charge in [0.05, 0.1) is 18.2 Å². The number of benzene rings is 2. The number of ether oxygens (including phenoxy) is 2. The number of fused-ring (bicyclic) bond motifs is 2. The Balaban J connectivity index is 1.17. The van der Waals surface area contributed by atoms with Crippen LogP contribution in [-0.4, -0.2) is 94.9 Å². The summed E-state index contributed by atoms with van der Waals surface area (Å²) >= 11 is 0. The van der Waals surface area contributed by atoms with Gasteiger partial charge in [0.15, 0.2) is 0 Å². The quantitative estimate of drug-likeness (QED) is 0.489. The molecule has 0 aromatic heterocycles. The van der Waals surface area contributed by atoms with Crippen LogP contribution in [0.1, 0.15) is 97.7 Å². The first-order valence-corrected chi connectivity index (χ1v) is 16.7. The number of carbonyl (C=O) groups is 3. The van der Waals surface area contributed by atoms with Gasteiger partial charge >= 0.3 is 6.09 Å². The molecule has 3 amide bonds. The minimum absolute atomic E-state index is 0.0150. The maximum Gasteiger partial charge on any atom is 0.410 e. The van der Waals surface area contributed by atoms with Crippen molar-refractivity contribution in [2.24, 2.45) is 5.41 Å². The molecule has 3 aliphatic heterocycles. The molecule has 2 aromatic rings. The van der Waals surface area contributed by atoms with Gasteiger partial charge in [-0.2, -0.15) is 0 Å². The predicted molar refractivity (Wildman–Crippen MR) is 175 cm³/mol. The number of nitrogens with zero attached hydrogens (tertiary/aromatic N) is 3. The van der Waals surface area contributed by atoms with E-state index >= 15 is 0 Å². The lowest BCUT2D eigenvalue weighted by atomic mass is 9.61. The molecule has 1 saturated heterocycles. The van der Waals surface area contributed by atoms with Crippen LogP contribution in [0.4, 0.5) is 4.79 Å². The summed E-state index contributed by atoms with van der Waals surface area (Å²) in [6.45, 7) is 11.9. The summed E-state index contributed by atoms with van der Waals surface area (Å²) in [6.07, 6.45) is 3.53. The highest BCUT2D eigenvalue weighted by Gasteiger charge is 2.47. The fraction of sp³-hybridized carbons (Fsp3) is 0.595. The smallest absolute Gasteiger partial charge is 0.410 e. The molecule has 2 fully saturated rings. The minimum atomic E-state index is -0.986. The van der Waals surface area contributed by atoms with Crippen molar-refractivity contribution in [3.8, 4) is 0 Å². The van der Waals surface area contributed by atoms with Crippen LogP contribution >= 0.6 is 0 Å². The molecule has 0 radical (unpaired) electrons. The van der Waals surface area contributed by atoms with Gasteiger partial charge in [0, 0.05) is 56.4 Å². The van der Waals surface area contributed by atoms with Crippen LogP contribution in [0, 0.1) is 5.41 Å². The molecular weight excluding hydrogens is 582 g/mol. The summed E-state index contributed by atoms with van der Waals surface area (Å²) in [5, 5.41) is 11.7. The van der Waals surface area contributed by atoms with E-state index in [0.29, 0.717) is 42.2 Å². The van der Waals surface area contributed by atoms with Crippen LogP contribution in [0.2, 0.25) is 0 Å². The molecule has 1 N–H and O–H groups in total. The molecule has 9 nitrogen and oxygen atoms in total. The van der Waals surface area contributed by atoms with Gasteiger partial charge in [-0.05, 0) is 93.2 Å². The first-order valence-electron chi connectivity index (χ1n) is 16.7. The Bertz CT molecular complexity index is 1500. The van der Waals surface area contributed by atoms with Crippen LogP contribution in [0.3, 0.4) is 0 Å². The Morgan fingerprint density at radius 3 is 2.37 bits per heavy atom. The lowest BCUT2D eigenvalue weighted by Gasteiger charge is -2.51. The van der Waals surface area contributed by atoms with Crippen molar-refractivity contribution in [3.05, 3.63) is 70.3 Å². The Morgan fingerprint density at radius 2 is 1.72 bits per heavy atom. The normalized spacial score (nSPS) is 23.0. The average Bonchev–Trinajstić information content (AvgIpc) is 3.00. The molecule has 1 saturated carbocycles. The Kier molecular flexibility index (Phi) is 8.47. The van der Waals surface area contributed by atoms with Gasteiger partial charge < -0.3 is 24.4 Å². The van der Waals surface area contributed by atoms with Crippen molar-refractivity contribution in [2.75, 3.05) is 33.3 Å². The van der Waals surface area contributed by atoms with Crippen molar-refractivity contribution < 1.29 is 29.0 Å². The van der Waals surface area contributed by atoms with Gasteiger partial charge in [-0.3, -0.25) is 14.5 Å². The van der Waals surface area contributed by atoms with Crippen molar-refractivity contribution in [1.29, 1.82) is 0 Å². The number of carbonyl (C=O) groups excluding carboxylic acids is 3. The zero-order chi connectivity index (χ0) is 33.0. The fourth-order valence-electron chi connectivity index (χ4n) is 7.98. The Labute approximate surface area is 272 Å². The molecule has 0 bridgehead atoms. The van der Waals surface area contributed by atoms with Gasteiger partial charge in [0.25, 0.3) is 11.8 Å². The highest BCUT2D eigenvalue weighted by molar-refractivity contribution is 6.00. The Morgan fingerprint density at radius 1 is 1.04 bits per heavy atom. The number of amides is 3. The average molecular weight is 632 g/mol. The van der Waals surface area contributed by atoms with Crippen molar-refractivity contribution in [1.82, 2.24) is 14.7 Å². The molecule has 2 aromatic carbocycles. The summed E-state index contributed by atoms with van der Waals surface area (Å²) in [7, 11) is 1.77. The fourth-order valence-corrected chi connectivity index (χ4v) is 7.98. The third-order valence-corrected chi connectivity index (χ3v) is 10.6. The van der Waals surface area contributed by atoms with Gasteiger partial charge in [0.2, 0.25) is 0 Å². The zero-order valence-corrected chi connectivity index (χ0v) is 28.2. The lowest BCUT2D eigenvalue weighted by molar-refractivity contribution is -0.0841. The van der Waals surface area contributed by atoms with Crippen LogP contribution < -0.4 is 0 Å². The van der Waals surface area contributed by atoms with E-state index in [2.05, 4.69) is 13.8 Å². The van der Waals surface area contributed by atoms with E-state index in [1.54, 1.807) is 29.0 Å². The second-order valence-corrected chi connectivity index (χ2v) is 15.6. The number of aliphatic hydroxyl groups excluding tert-OH is 1. The van der Waals surface area contributed by atoms with Crippen molar-refractivity contribution in [3.63, 3.8) is 0 Å². The third kappa shape index (κ3) is 6.28. The molecule has 4 aliphatic rings. The predicted octanol–water partition coefficient (Wildman–Crippen LogP) is 5.17. The molecular formula is C37H49N3O6. The van der Waals surface area contributed by atoms with Gasteiger partial charge in [0.1, 0.15) is 5.60 Å². The second kappa shape index (κ2) is 12.0. The van der Waals surface area contributed by atoms with E-state index in [0.717, 1.165) is 55.5 Å². The maximum atomic E-state index is 13.9. The van der Waals surface area contributed by atoms with Crippen LogP contribution in [0.25, 0.3) is 0 Å². The molecule has 9 heteroatoms. The summed E-state index contributed by atoms with van der Waals surface area (Å²) in [5.41, 5.74) is 3.31. The maximum absolute atomic E-state index is 13.9. The monoisotopic (exact) mass is 631 g/mol. The number of methoxy groups -OCH3 is 1. The van der Waals surface area contributed by atoms with E-state index in [1.807, 2.05) is 56.0 Å². The molecule has 1 aliphatic carbocycles. The lowest BCUT2D eigenvalue weighted by Crippen LogP contribution is -2.57. The molecule has 3 heterocycles. The zero-order valence-electron chi connectivity index (χ0n) is 28.2. The number of hydrogen-bond donors (Lipinski definition) is 1. The van der Waals surface area contributed by atoms with E-state index in [1.165, 1.54) is 0 Å². The van der Waals surface area contributed by atoms with E-state index in [4.69, 9.17) is 9.47 Å². The number of rotatable bonds is 5. The number of β-amino-alcohol motifs (C(OH)–C–C–N with tert-alkyl or cyclic N) is 1. The van der Waals surface area contributed by atoms with Gasteiger partial charge in [-0.25, -0.2) is 4.79 Å². The molecule has 1 unspecified atom stereocenters. The second-order valence-electron chi connectivity index (χ2n) is 15.6. The largest absolute Gasteiger partial charge is 0.444 e. The molecule has 1 spiro atoms. The summed E-state index contributed by atoms with van der Waals surface area (Å²) in [5.74, 6) is -0.161. The number of hydrogen-bond acceptors (Lipinski definition) is 6. The highest BCUT2D eigenvalue weighted by Crippen LogP contribution is 2.50. The SMILES string of the molecule is COC1CC2(CCN(C(=O)c3ccc4c(c3)C(C)(C)CN(C[C@@H](O)C3Cc5ccccc5CN3C(=O)OC(C)(C)C)C4=O)CC2)C1. The first kappa shape index (κ1) is 32.5. The number of piperidine rings is 1. The molecule has 2 atom stereocenters. The molecule has 46 heavy (non-hydrogen) atoms. The first-order chi connectivity index (χ1) is 21.7. The summed E-state index contributed by atoms with van der Waals surface area (Å²) in [4.78, 5) is 46.0.